The van der Waals surface area contributed by atoms with Gasteiger partial charge in [-0.3, -0.25) is 14.7 Å². The maximum absolute atomic E-state index is 14.0. The van der Waals surface area contributed by atoms with Crippen molar-refractivity contribution in [1.82, 2.24) is 30.7 Å². The fourth-order valence-corrected chi connectivity index (χ4v) is 6.35. The molecule has 2 aliphatic rings. The SMILES string of the molecule is O=C(N[C@H](CC[C@H](Cc1ccccc1)NC(=O)[C@H](CCN1CCOCC1)NC(=O)N1CCOCC1)c1ccccc1)OCc1cncs1. The largest absolute Gasteiger partial charge is 0.444 e. The second-order valence-electron chi connectivity index (χ2n) is 12.0. The summed E-state index contributed by atoms with van der Waals surface area (Å²) in [4.78, 5) is 49.0. The van der Waals surface area contributed by atoms with E-state index in [9.17, 15) is 14.4 Å². The summed E-state index contributed by atoms with van der Waals surface area (Å²) in [7, 11) is 0. The van der Waals surface area contributed by atoms with Gasteiger partial charge < -0.3 is 35.1 Å². The Morgan fingerprint density at radius 1 is 0.833 bits per heavy atom. The first-order chi connectivity index (χ1) is 23.5. The van der Waals surface area contributed by atoms with Crippen LogP contribution < -0.4 is 16.0 Å². The maximum atomic E-state index is 14.0. The molecule has 3 heterocycles. The molecule has 48 heavy (non-hydrogen) atoms. The van der Waals surface area contributed by atoms with E-state index in [1.807, 2.05) is 60.7 Å². The third kappa shape index (κ3) is 11.6. The van der Waals surface area contributed by atoms with Crippen LogP contribution in [0.4, 0.5) is 9.59 Å². The molecule has 12 nitrogen and oxygen atoms in total. The Balaban J connectivity index is 1.27. The molecule has 1 aromatic heterocycles. The smallest absolute Gasteiger partial charge is 0.407 e. The minimum absolute atomic E-state index is 0.146. The van der Waals surface area contributed by atoms with Gasteiger partial charge in [-0.1, -0.05) is 60.7 Å². The van der Waals surface area contributed by atoms with E-state index in [1.54, 1.807) is 16.6 Å². The molecule has 3 atom stereocenters. The molecule has 258 valence electrons. The van der Waals surface area contributed by atoms with Crippen LogP contribution in [0.25, 0.3) is 0 Å². The van der Waals surface area contributed by atoms with Gasteiger partial charge in [0.1, 0.15) is 12.6 Å². The number of benzene rings is 2. The molecule has 2 aliphatic heterocycles. The summed E-state index contributed by atoms with van der Waals surface area (Å²) >= 11 is 1.43. The lowest BCUT2D eigenvalue weighted by molar-refractivity contribution is -0.124. The Hall–Kier alpha value is -4.04. The second kappa shape index (κ2) is 19.1. The lowest BCUT2D eigenvalue weighted by atomic mass is 9.95. The molecule has 0 aliphatic carbocycles. The van der Waals surface area contributed by atoms with Crippen LogP contribution in [-0.2, 0) is 32.0 Å². The highest BCUT2D eigenvalue weighted by Crippen LogP contribution is 2.22. The van der Waals surface area contributed by atoms with Crippen molar-refractivity contribution >= 4 is 29.4 Å². The van der Waals surface area contributed by atoms with Crippen molar-refractivity contribution in [2.24, 2.45) is 0 Å². The van der Waals surface area contributed by atoms with Gasteiger partial charge in [-0.25, -0.2) is 9.59 Å². The number of thiazole rings is 1. The number of nitrogens with zero attached hydrogens (tertiary/aromatic N) is 3. The highest BCUT2D eigenvalue weighted by atomic mass is 32.1. The van der Waals surface area contributed by atoms with Gasteiger partial charge in [0, 0.05) is 45.0 Å². The van der Waals surface area contributed by atoms with Gasteiger partial charge in [0.05, 0.1) is 42.9 Å². The zero-order valence-electron chi connectivity index (χ0n) is 27.3. The summed E-state index contributed by atoms with van der Waals surface area (Å²) in [5.41, 5.74) is 3.72. The molecule has 4 amide bonds. The average molecular weight is 679 g/mol. The van der Waals surface area contributed by atoms with E-state index >= 15 is 0 Å². The molecule has 0 unspecified atom stereocenters. The molecule has 0 spiro atoms. The van der Waals surface area contributed by atoms with Gasteiger partial charge >= 0.3 is 12.1 Å². The predicted octanol–water partition coefficient (Wildman–Crippen LogP) is 3.75. The topological polar surface area (TPSA) is 134 Å². The van der Waals surface area contributed by atoms with Crippen molar-refractivity contribution in [3.05, 3.63) is 88.4 Å². The maximum Gasteiger partial charge on any atom is 0.407 e. The molecule has 5 rings (SSSR count). The highest BCUT2D eigenvalue weighted by molar-refractivity contribution is 7.09. The van der Waals surface area contributed by atoms with Crippen molar-refractivity contribution < 1.29 is 28.6 Å². The van der Waals surface area contributed by atoms with E-state index in [0.717, 1.165) is 29.1 Å². The first kappa shape index (κ1) is 35.3. The molecule has 0 bridgehead atoms. The highest BCUT2D eigenvalue weighted by Gasteiger charge is 2.28. The van der Waals surface area contributed by atoms with Crippen LogP contribution in [0.3, 0.4) is 0 Å². The number of carbonyl (C=O) groups is 3. The standard InChI is InChI=1S/C35H46N6O6S/c42-33(32(13-14-40-15-19-45-20-16-40)38-34(43)41-17-21-46-22-18-41)37-29(23-27-7-3-1-4-8-27)11-12-31(28-9-5-2-6-10-28)39-35(44)47-25-30-24-36-26-48-30/h1-10,24,26,29,31-32H,11-23,25H2,(H,37,42)(H,38,43)(H,39,44)/t29-,31-,32+/m1/s1. The minimum Gasteiger partial charge on any atom is -0.444 e. The number of hydrogen-bond donors (Lipinski definition) is 3. The van der Waals surface area contributed by atoms with E-state index in [4.69, 9.17) is 14.2 Å². The van der Waals surface area contributed by atoms with Crippen LogP contribution in [0.1, 0.15) is 41.3 Å². The van der Waals surface area contributed by atoms with Crippen LogP contribution in [0.15, 0.2) is 72.4 Å². The van der Waals surface area contributed by atoms with Gasteiger partial charge in [-0.2, -0.15) is 0 Å². The van der Waals surface area contributed by atoms with Crippen LogP contribution in [0.5, 0.6) is 0 Å². The number of aromatic nitrogens is 1. The monoisotopic (exact) mass is 678 g/mol. The molecule has 3 aromatic rings. The Morgan fingerprint density at radius 2 is 1.52 bits per heavy atom. The minimum atomic E-state index is -0.716. The van der Waals surface area contributed by atoms with Gasteiger partial charge in [0.2, 0.25) is 5.91 Å². The van der Waals surface area contributed by atoms with E-state index in [0.29, 0.717) is 71.7 Å². The summed E-state index contributed by atoms with van der Waals surface area (Å²) < 4.78 is 16.4. The van der Waals surface area contributed by atoms with Gasteiger partial charge in [-0.15, -0.1) is 11.3 Å². The number of ether oxygens (including phenoxy) is 3. The van der Waals surface area contributed by atoms with Crippen LogP contribution in [0.2, 0.25) is 0 Å². The lowest BCUT2D eigenvalue weighted by Gasteiger charge is -2.32. The predicted molar refractivity (Wildman–Crippen MR) is 183 cm³/mol. The number of hydrogen-bond acceptors (Lipinski definition) is 9. The zero-order chi connectivity index (χ0) is 33.4. The van der Waals surface area contributed by atoms with Crippen molar-refractivity contribution in [3.63, 3.8) is 0 Å². The number of amides is 4. The fraction of sp³-hybridized carbons (Fsp3) is 0.486. The van der Waals surface area contributed by atoms with E-state index in [2.05, 4.69) is 25.8 Å². The first-order valence-corrected chi connectivity index (χ1v) is 17.5. The number of urea groups is 1. The molecule has 2 aromatic carbocycles. The Labute approximate surface area is 286 Å². The zero-order valence-corrected chi connectivity index (χ0v) is 28.1. The average Bonchev–Trinajstić information content (AvgIpc) is 3.66. The normalized spacial score (nSPS) is 17.1. The number of nitrogens with one attached hydrogen (secondary N) is 3. The molecule has 0 saturated carbocycles. The Kier molecular flexibility index (Phi) is 14.0. The van der Waals surface area contributed by atoms with Crippen LogP contribution in [0, 0.1) is 0 Å². The first-order valence-electron chi connectivity index (χ1n) is 16.7. The quantitative estimate of drug-likeness (QED) is 0.221. The summed E-state index contributed by atoms with van der Waals surface area (Å²) in [5, 5.41) is 9.33. The van der Waals surface area contributed by atoms with Crippen LogP contribution >= 0.6 is 11.3 Å². The van der Waals surface area contributed by atoms with Crippen molar-refractivity contribution in [2.75, 3.05) is 59.2 Å². The molecule has 0 radical (unpaired) electrons. The van der Waals surface area contributed by atoms with Gasteiger partial charge in [0.15, 0.2) is 0 Å². The fourth-order valence-electron chi connectivity index (χ4n) is 5.85. The summed E-state index contributed by atoms with van der Waals surface area (Å²) in [6.07, 6.45) is 3.35. The summed E-state index contributed by atoms with van der Waals surface area (Å²) in [6, 6.07) is 18.2. The van der Waals surface area contributed by atoms with E-state index in [-0.39, 0.29) is 30.6 Å². The van der Waals surface area contributed by atoms with Crippen molar-refractivity contribution in [3.8, 4) is 0 Å². The molecule has 2 fully saturated rings. The third-order valence-electron chi connectivity index (χ3n) is 8.55. The second-order valence-corrected chi connectivity index (χ2v) is 12.9. The summed E-state index contributed by atoms with van der Waals surface area (Å²) in [5.74, 6) is -0.223. The third-order valence-corrected chi connectivity index (χ3v) is 9.30. The lowest BCUT2D eigenvalue weighted by Crippen LogP contribution is -2.55. The Morgan fingerprint density at radius 3 is 2.21 bits per heavy atom. The molecule has 13 heteroatoms. The molecule has 2 saturated heterocycles. The number of carbonyl (C=O) groups excluding carboxylic acids is 3. The van der Waals surface area contributed by atoms with Crippen molar-refractivity contribution in [2.45, 2.75) is 50.4 Å². The van der Waals surface area contributed by atoms with Gasteiger partial charge in [0.25, 0.3) is 0 Å². The number of alkyl carbamates (subject to hydrolysis) is 1. The summed E-state index contributed by atoms with van der Waals surface area (Å²) in [6.45, 7) is 5.65. The molecular formula is C35H46N6O6S. The van der Waals surface area contributed by atoms with Crippen LogP contribution in [-0.4, -0.2) is 104 Å². The Bertz CT molecular complexity index is 1390. The van der Waals surface area contributed by atoms with E-state index in [1.165, 1.54) is 11.3 Å². The van der Waals surface area contributed by atoms with Crippen molar-refractivity contribution in [1.29, 1.82) is 0 Å². The van der Waals surface area contributed by atoms with E-state index < -0.39 is 12.1 Å². The molecule has 3 N–H and O–H groups in total. The number of rotatable bonds is 15. The number of morpholine rings is 2. The van der Waals surface area contributed by atoms with Gasteiger partial charge in [-0.05, 0) is 36.8 Å². The molecular weight excluding hydrogens is 632 g/mol.